The van der Waals surface area contributed by atoms with Crippen LogP contribution < -0.4 is 5.32 Å². The highest BCUT2D eigenvalue weighted by Crippen LogP contribution is 2.25. The summed E-state index contributed by atoms with van der Waals surface area (Å²) < 4.78 is 27.1. The van der Waals surface area contributed by atoms with Crippen molar-refractivity contribution in [3.63, 3.8) is 0 Å². The molecule has 6 nitrogen and oxygen atoms in total. The summed E-state index contributed by atoms with van der Waals surface area (Å²) in [6.07, 6.45) is 5.52. The lowest BCUT2D eigenvalue weighted by Gasteiger charge is -2.25. The maximum Gasteiger partial charge on any atom is 0.243 e. The Balaban J connectivity index is 1.39. The molecule has 7 heteroatoms. The molecule has 3 aromatic rings. The van der Waals surface area contributed by atoms with Crippen molar-refractivity contribution in [2.24, 2.45) is 0 Å². The van der Waals surface area contributed by atoms with Gasteiger partial charge in [0.1, 0.15) is 0 Å². The molecule has 31 heavy (non-hydrogen) atoms. The lowest BCUT2D eigenvalue weighted by molar-refractivity contribution is -0.116. The number of fused-ring (bicyclic) bond motifs is 1. The number of aryl methyl sites for hydroxylation is 2. The van der Waals surface area contributed by atoms with Crippen LogP contribution in [0, 0.1) is 6.92 Å². The molecule has 162 valence electrons. The SMILES string of the molecule is Cc1ccc(NC(=O)CCc2ccc(S(=O)(=O)N3CCCCC3)cc2)c2cccnc12. The van der Waals surface area contributed by atoms with Crippen LogP contribution in [0.5, 0.6) is 0 Å². The van der Waals surface area contributed by atoms with Crippen LogP contribution in [0.3, 0.4) is 0 Å². The van der Waals surface area contributed by atoms with Crippen molar-refractivity contribution in [1.29, 1.82) is 0 Å². The number of hydrogen-bond acceptors (Lipinski definition) is 4. The minimum atomic E-state index is -3.43. The first-order valence-corrected chi connectivity index (χ1v) is 12.1. The van der Waals surface area contributed by atoms with Gasteiger partial charge in [-0.05, 0) is 67.6 Å². The first-order valence-electron chi connectivity index (χ1n) is 10.7. The van der Waals surface area contributed by atoms with Gasteiger partial charge in [0.25, 0.3) is 0 Å². The monoisotopic (exact) mass is 437 g/mol. The zero-order valence-electron chi connectivity index (χ0n) is 17.7. The summed E-state index contributed by atoms with van der Waals surface area (Å²) in [6.45, 7) is 3.18. The molecule has 1 amide bonds. The summed E-state index contributed by atoms with van der Waals surface area (Å²) in [4.78, 5) is 17.2. The average Bonchev–Trinajstić information content (AvgIpc) is 2.80. The third kappa shape index (κ3) is 4.78. The molecule has 0 aliphatic carbocycles. The molecule has 0 bridgehead atoms. The van der Waals surface area contributed by atoms with Gasteiger partial charge in [0.15, 0.2) is 0 Å². The van der Waals surface area contributed by atoms with Gasteiger partial charge in [-0.2, -0.15) is 4.31 Å². The quantitative estimate of drug-likeness (QED) is 0.624. The first-order chi connectivity index (χ1) is 14.9. The van der Waals surface area contributed by atoms with E-state index < -0.39 is 10.0 Å². The molecular formula is C24H27N3O3S. The number of aromatic nitrogens is 1. The smallest absolute Gasteiger partial charge is 0.243 e. The van der Waals surface area contributed by atoms with E-state index in [1.54, 1.807) is 34.8 Å². The molecule has 0 atom stereocenters. The number of rotatable bonds is 6. The molecule has 0 radical (unpaired) electrons. The van der Waals surface area contributed by atoms with Crippen LogP contribution in [0.25, 0.3) is 10.9 Å². The van der Waals surface area contributed by atoms with E-state index in [9.17, 15) is 13.2 Å². The van der Waals surface area contributed by atoms with E-state index >= 15 is 0 Å². The fraction of sp³-hybridized carbons (Fsp3) is 0.333. The predicted octanol–water partition coefficient (Wildman–Crippen LogP) is 4.29. The molecule has 1 saturated heterocycles. The van der Waals surface area contributed by atoms with E-state index in [0.29, 0.717) is 30.8 Å². The summed E-state index contributed by atoms with van der Waals surface area (Å²) in [5.74, 6) is -0.0842. The number of carbonyl (C=O) groups excluding carboxylic acids is 1. The number of hydrogen-bond donors (Lipinski definition) is 1. The predicted molar refractivity (Wildman–Crippen MR) is 122 cm³/mol. The Morgan fingerprint density at radius 3 is 2.52 bits per heavy atom. The van der Waals surface area contributed by atoms with Gasteiger partial charge >= 0.3 is 0 Å². The highest BCUT2D eigenvalue weighted by atomic mass is 32.2. The standard InChI is InChI=1S/C24H27N3O3S/c1-18-7-13-22(21-6-5-15-25-24(18)21)26-23(28)14-10-19-8-11-20(12-9-19)31(29,30)27-16-3-2-4-17-27/h5-9,11-13,15H,2-4,10,14,16-17H2,1H3,(H,26,28). The van der Waals surface area contributed by atoms with Crippen LogP contribution in [0.4, 0.5) is 5.69 Å². The van der Waals surface area contributed by atoms with Crippen molar-refractivity contribution in [3.8, 4) is 0 Å². The van der Waals surface area contributed by atoms with E-state index in [1.165, 1.54) is 0 Å². The molecule has 1 aromatic heterocycles. The summed E-state index contributed by atoms with van der Waals surface area (Å²) in [5.41, 5.74) is 3.63. The van der Waals surface area contributed by atoms with Gasteiger partial charge in [0.2, 0.25) is 15.9 Å². The Kier molecular flexibility index (Phi) is 6.34. The number of piperidine rings is 1. The fourth-order valence-electron chi connectivity index (χ4n) is 3.98. The van der Waals surface area contributed by atoms with Crippen LogP contribution in [0.15, 0.2) is 59.6 Å². The minimum Gasteiger partial charge on any atom is -0.325 e. The second-order valence-electron chi connectivity index (χ2n) is 7.99. The Morgan fingerprint density at radius 2 is 1.77 bits per heavy atom. The van der Waals surface area contributed by atoms with E-state index in [1.807, 2.05) is 31.2 Å². The van der Waals surface area contributed by atoms with Crippen LogP contribution >= 0.6 is 0 Å². The lowest BCUT2D eigenvalue weighted by Crippen LogP contribution is -2.35. The molecule has 1 aliphatic heterocycles. The Labute approximate surface area is 183 Å². The van der Waals surface area contributed by atoms with Crippen LogP contribution in [0.1, 0.15) is 36.8 Å². The van der Waals surface area contributed by atoms with Crippen LogP contribution in [-0.2, 0) is 21.2 Å². The molecular weight excluding hydrogens is 410 g/mol. The molecule has 1 N–H and O–H groups in total. The molecule has 0 spiro atoms. The molecule has 0 saturated carbocycles. The molecule has 1 aliphatic rings. The number of nitrogens with zero attached hydrogens (tertiary/aromatic N) is 2. The number of anilines is 1. The zero-order chi connectivity index (χ0) is 21.8. The number of pyridine rings is 1. The van der Waals surface area contributed by atoms with Gasteiger partial charge in [-0.1, -0.05) is 24.6 Å². The van der Waals surface area contributed by atoms with Gasteiger partial charge in [-0.3, -0.25) is 9.78 Å². The topological polar surface area (TPSA) is 79.4 Å². The molecule has 4 rings (SSSR count). The third-order valence-electron chi connectivity index (χ3n) is 5.76. The van der Waals surface area contributed by atoms with Crippen molar-refractivity contribution in [2.45, 2.75) is 43.9 Å². The van der Waals surface area contributed by atoms with Crippen molar-refractivity contribution in [3.05, 3.63) is 65.9 Å². The molecule has 2 heterocycles. The Bertz CT molecular complexity index is 1180. The maximum atomic E-state index is 12.8. The second-order valence-corrected chi connectivity index (χ2v) is 9.92. The summed E-state index contributed by atoms with van der Waals surface area (Å²) in [7, 11) is -3.43. The normalized spacial score (nSPS) is 15.1. The molecule has 2 aromatic carbocycles. The van der Waals surface area contributed by atoms with Crippen LogP contribution in [-0.4, -0.2) is 36.7 Å². The van der Waals surface area contributed by atoms with Gasteiger partial charge in [0, 0.05) is 31.1 Å². The summed E-state index contributed by atoms with van der Waals surface area (Å²) >= 11 is 0. The summed E-state index contributed by atoms with van der Waals surface area (Å²) in [6, 6.07) is 14.6. The Hall–Kier alpha value is -2.77. The van der Waals surface area contributed by atoms with E-state index in [-0.39, 0.29) is 5.91 Å². The second kappa shape index (κ2) is 9.16. The molecule has 0 unspecified atom stereocenters. The van der Waals surface area contributed by atoms with Gasteiger partial charge in [-0.25, -0.2) is 8.42 Å². The van der Waals surface area contributed by atoms with Crippen LogP contribution in [0.2, 0.25) is 0 Å². The lowest BCUT2D eigenvalue weighted by atomic mass is 10.1. The molecule has 1 fully saturated rings. The van der Waals surface area contributed by atoms with Crippen molar-refractivity contribution >= 4 is 32.5 Å². The largest absolute Gasteiger partial charge is 0.325 e. The number of amides is 1. The van der Waals surface area contributed by atoms with E-state index in [4.69, 9.17) is 0 Å². The number of sulfonamides is 1. The average molecular weight is 438 g/mol. The minimum absolute atomic E-state index is 0.0842. The van der Waals surface area contributed by atoms with E-state index in [0.717, 1.165) is 47.0 Å². The van der Waals surface area contributed by atoms with Gasteiger partial charge in [-0.15, -0.1) is 0 Å². The maximum absolute atomic E-state index is 12.8. The van der Waals surface area contributed by atoms with Crippen molar-refractivity contribution < 1.29 is 13.2 Å². The Morgan fingerprint density at radius 1 is 1.03 bits per heavy atom. The summed E-state index contributed by atoms with van der Waals surface area (Å²) in [5, 5.41) is 3.90. The third-order valence-corrected chi connectivity index (χ3v) is 7.68. The highest BCUT2D eigenvalue weighted by molar-refractivity contribution is 7.89. The first kappa shape index (κ1) is 21.5. The zero-order valence-corrected chi connectivity index (χ0v) is 18.5. The van der Waals surface area contributed by atoms with Crippen molar-refractivity contribution in [1.82, 2.24) is 9.29 Å². The highest BCUT2D eigenvalue weighted by Gasteiger charge is 2.25. The number of nitrogens with one attached hydrogen (secondary N) is 1. The van der Waals surface area contributed by atoms with Gasteiger partial charge in [0.05, 0.1) is 16.1 Å². The number of carbonyl (C=O) groups is 1. The van der Waals surface area contributed by atoms with Crippen molar-refractivity contribution in [2.75, 3.05) is 18.4 Å². The van der Waals surface area contributed by atoms with E-state index in [2.05, 4.69) is 10.3 Å². The fourth-order valence-corrected chi connectivity index (χ4v) is 5.49. The number of benzene rings is 2. The van der Waals surface area contributed by atoms with Gasteiger partial charge < -0.3 is 5.32 Å².